The molecule has 7 heteroatoms. The molecule has 0 bridgehead atoms. The van der Waals surface area contributed by atoms with E-state index in [0.717, 1.165) is 5.56 Å². The van der Waals surface area contributed by atoms with Crippen LogP contribution >= 0.6 is 23.2 Å². The van der Waals surface area contributed by atoms with E-state index in [9.17, 15) is 14.4 Å². The fraction of sp³-hybridized carbons (Fsp3) is 0.357. The van der Waals surface area contributed by atoms with Crippen LogP contribution in [0.2, 0.25) is 10.0 Å². The molecule has 0 aromatic heterocycles. The highest BCUT2D eigenvalue weighted by Gasteiger charge is 2.42. The molecule has 1 fully saturated rings. The van der Waals surface area contributed by atoms with Gasteiger partial charge in [-0.3, -0.25) is 14.4 Å². The van der Waals surface area contributed by atoms with Gasteiger partial charge in [0, 0.05) is 27.2 Å². The molecule has 21 heavy (non-hydrogen) atoms. The van der Waals surface area contributed by atoms with Crippen molar-refractivity contribution in [1.29, 1.82) is 0 Å². The Morgan fingerprint density at radius 3 is 2.52 bits per heavy atom. The van der Waals surface area contributed by atoms with Gasteiger partial charge in [-0.1, -0.05) is 29.3 Å². The van der Waals surface area contributed by atoms with Crippen LogP contribution in [0.25, 0.3) is 0 Å². The Hall–Kier alpha value is -1.59. The molecule has 0 N–H and O–H groups in total. The molecule has 1 aliphatic heterocycles. The Bertz CT molecular complexity index is 618. The van der Waals surface area contributed by atoms with Crippen LogP contribution < -0.4 is 0 Å². The molecule has 0 saturated carbocycles. The highest BCUT2D eigenvalue weighted by Crippen LogP contribution is 2.23. The summed E-state index contributed by atoms with van der Waals surface area (Å²) in [6, 6.07) is 5.07. The number of carbonyl (C=O) groups is 3. The molecule has 1 aromatic rings. The summed E-state index contributed by atoms with van der Waals surface area (Å²) in [5.41, 5.74) is 0.797. The first kappa shape index (κ1) is 15.8. The zero-order chi connectivity index (χ0) is 15.7. The molecule has 0 radical (unpaired) electrons. The second-order valence-electron chi connectivity index (χ2n) is 5.05. The van der Waals surface area contributed by atoms with Crippen LogP contribution in [0.15, 0.2) is 18.2 Å². The van der Waals surface area contributed by atoms with Crippen molar-refractivity contribution in [1.82, 2.24) is 9.80 Å². The van der Waals surface area contributed by atoms with E-state index in [1.165, 1.54) is 16.8 Å². The third-order valence-corrected chi connectivity index (χ3v) is 4.15. The van der Waals surface area contributed by atoms with E-state index in [0.29, 0.717) is 10.0 Å². The maximum absolute atomic E-state index is 12.3. The van der Waals surface area contributed by atoms with Crippen LogP contribution in [0.5, 0.6) is 0 Å². The molecule has 2 amide bonds. The summed E-state index contributed by atoms with van der Waals surface area (Å²) in [7, 11) is 3.09. The molecule has 2 rings (SSSR count). The second-order valence-corrected chi connectivity index (χ2v) is 5.86. The van der Waals surface area contributed by atoms with Gasteiger partial charge < -0.3 is 9.80 Å². The van der Waals surface area contributed by atoms with Gasteiger partial charge in [-0.05, 0) is 17.7 Å². The van der Waals surface area contributed by atoms with E-state index in [2.05, 4.69) is 0 Å². The number of Topliss-reactive ketones (excluding diaryl/α,β-unsaturated/α-hetero) is 1. The van der Waals surface area contributed by atoms with E-state index >= 15 is 0 Å². The molecule has 5 nitrogen and oxygen atoms in total. The molecule has 1 aliphatic rings. The number of ketones is 1. The lowest BCUT2D eigenvalue weighted by Gasteiger charge is -2.20. The summed E-state index contributed by atoms with van der Waals surface area (Å²) < 4.78 is 0. The third-order valence-electron chi connectivity index (χ3n) is 3.41. The van der Waals surface area contributed by atoms with Gasteiger partial charge in [-0.2, -0.15) is 0 Å². The summed E-state index contributed by atoms with van der Waals surface area (Å²) in [6.07, 6.45) is 0. The molecule has 112 valence electrons. The number of halogens is 2. The van der Waals surface area contributed by atoms with Crippen molar-refractivity contribution >= 4 is 40.8 Å². The predicted molar refractivity (Wildman–Crippen MR) is 79.1 cm³/mol. The lowest BCUT2D eigenvalue weighted by molar-refractivity contribution is -0.144. The number of hydrogen-bond donors (Lipinski definition) is 0. The van der Waals surface area contributed by atoms with Crippen molar-refractivity contribution in [2.45, 2.75) is 6.54 Å². The quantitative estimate of drug-likeness (QED) is 0.625. The highest BCUT2D eigenvalue weighted by molar-refractivity contribution is 6.42. The molecule has 0 aliphatic carbocycles. The zero-order valence-electron chi connectivity index (χ0n) is 11.6. The Labute approximate surface area is 132 Å². The number of likely N-dealkylation sites (tertiary alicyclic amines) is 1. The largest absolute Gasteiger partial charge is 0.341 e. The van der Waals surface area contributed by atoms with Gasteiger partial charge >= 0.3 is 0 Å². The molecule has 1 atom stereocenters. The molecule has 1 saturated heterocycles. The van der Waals surface area contributed by atoms with Crippen molar-refractivity contribution in [3.05, 3.63) is 33.8 Å². The first-order valence-electron chi connectivity index (χ1n) is 6.29. The van der Waals surface area contributed by atoms with Crippen LogP contribution in [0.4, 0.5) is 0 Å². The van der Waals surface area contributed by atoms with Crippen LogP contribution in [0.3, 0.4) is 0 Å². The highest BCUT2D eigenvalue weighted by atomic mass is 35.5. The van der Waals surface area contributed by atoms with Gasteiger partial charge in [-0.25, -0.2) is 0 Å². The van der Waals surface area contributed by atoms with Gasteiger partial charge in [-0.15, -0.1) is 0 Å². The van der Waals surface area contributed by atoms with Crippen molar-refractivity contribution in [2.24, 2.45) is 5.92 Å². The molecule has 1 unspecified atom stereocenters. The zero-order valence-corrected chi connectivity index (χ0v) is 13.1. The topological polar surface area (TPSA) is 57.7 Å². The minimum atomic E-state index is -0.921. The normalized spacial score (nSPS) is 18.3. The lowest BCUT2D eigenvalue weighted by atomic mass is 10.1. The van der Waals surface area contributed by atoms with E-state index in [-0.39, 0.29) is 19.0 Å². The summed E-state index contributed by atoms with van der Waals surface area (Å²) >= 11 is 11.8. The van der Waals surface area contributed by atoms with Gasteiger partial charge in [0.15, 0.2) is 0 Å². The summed E-state index contributed by atoms with van der Waals surface area (Å²) in [4.78, 5) is 38.1. The standard InChI is InChI=1S/C14H14Cl2N2O3/c1-17(6-8-3-4-10(15)11(16)5-8)13(20)9-7-18(2)14(21)12(9)19/h3-5,9H,6-7H2,1-2H3. The van der Waals surface area contributed by atoms with E-state index in [4.69, 9.17) is 23.2 Å². The monoisotopic (exact) mass is 328 g/mol. The lowest BCUT2D eigenvalue weighted by Crippen LogP contribution is -2.36. The Kier molecular flexibility index (Phi) is 4.54. The summed E-state index contributed by atoms with van der Waals surface area (Å²) in [6.45, 7) is 0.416. The first-order valence-corrected chi connectivity index (χ1v) is 7.05. The Morgan fingerprint density at radius 1 is 1.33 bits per heavy atom. The number of likely N-dealkylation sites (N-methyl/N-ethyl adjacent to an activating group) is 1. The van der Waals surface area contributed by atoms with Crippen LogP contribution in [0, 0.1) is 5.92 Å². The second kappa shape index (κ2) is 6.03. The maximum Gasteiger partial charge on any atom is 0.290 e. The number of carbonyl (C=O) groups excluding carboxylic acids is 3. The van der Waals surface area contributed by atoms with Crippen LogP contribution in [-0.2, 0) is 20.9 Å². The van der Waals surface area contributed by atoms with Crippen LogP contribution in [-0.4, -0.2) is 48.0 Å². The van der Waals surface area contributed by atoms with Crippen LogP contribution in [0.1, 0.15) is 5.56 Å². The fourth-order valence-corrected chi connectivity index (χ4v) is 2.54. The van der Waals surface area contributed by atoms with E-state index < -0.39 is 17.6 Å². The first-order chi connectivity index (χ1) is 9.81. The Balaban J connectivity index is 2.08. The molecule has 0 spiro atoms. The number of amides is 2. The summed E-state index contributed by atoms with van der Waals surface area (Å²) in [5.74, 6) is -2.56. The number of hydrogen-bond acceptors (Lipinski definition) is 3. The van der Waals surface area contributed by atoms with E-state index in [1.54, 1.807) is 25.2 Å². The SMILES string of the molecule is CN1CC(C(=O)N(C)Cc2ccc(Cl)c(Cl)c2)C(=O)C1=O. The third kappa shape index (κ3) is 3.19. The van der Waals surface area contributed by atoms with Gasteiger partial charge in [0.1, 0.15) is 5.92 Å². The van der Waals surface area contributed by atoms with Crippen molar-refractivity contribution in [3.8, 4) is 0 Å². The van der Waals surface area contributed by atoms with Crippen molar-refractivity contribution in [3.63, 3.8) is 0 Å². The molecular formula is C14H14Cl2N2O3. The summed E-state index contributed by atoms with van der Waals surface area (Å²) in [5, 5.41) is 0.842. The maximum atomic E-state index is 12.3. The van der Waals surface area contributed by atoms with Gasteiger partial charge in [0.2, 0.25) is 11.7 Å². The molecular weight excluding hydrogens is 315 g/mol. The van der Waals surface area contributed by atoms with Gasteiger partial charge in [0.05, 0.1) is 10.0 Å². The predicted octanol–water partition coefficient (Wildman–Crippen LogP) is 1.61. The van der Waals surface area contributed by atoms with Crippen molar-refractivity contribution < 1.29 is 14.4 Å². The fourth-order valence-electron chi connectivity index (χ4n) is 2.22. The van der Waals surface area contributed by atoms with E-state index in [1.807, 2.05) is 0 Å². The number of benzene rings is 1. The minimum Gasteiger partial charge on any atom is -0.341 e. The average molecular weight is 329 g/mol. The van der Waals surface area contributed by atoms with Crippen molar-refractivity contribution in [2.75, 3.05) is 20.6 Å². The smallest absolute Gasteiger partial charge is 0.290 e. The number of rotatable bonds is 3. The molecule has 1 heterocycles. The molecule has 1 aromatic carbocycles. The minimum absolute atomic E-state index is 0.127. The average Bonchev–Trinajstić information content (AvgIpc) is 2.69. The Morgan fingerprint density at radius 2 is 2.00 bits per heavy atom. The van der Waals surface area contributed by atoms with Gasteiger partial charge in [0.25, 0.3) is 5.91 Å². The number of nitrogens with zero attached hydrogens (tertiary/aromatic N) is 2.